The van der Waals surface area contributed by atoms with Gasteiger partial charge in [0.25, 0.3) is 0 Å². The first-order valence-corrected chi connectivity index (χ1v) is 10.1. The van der Waals surface area contributed by atoms with E-state index in [4.69, 9.17) is 9.47 Å². The normalized spacial score (nSPS) is 17.4. The summed E-state index contributed by atoms with van der Waals surface area (Å²) >= 11 is 0. The van der Waals surface area contributed by atoms with Crippen LogP contribution in [0.3, 0.4) is 0 Å². The van der Waals surface area contributed by atoms with Crippen molar-refractivity contribution in [1.29, 1.82) is 0 Å². The van der Waals surface area contributed by atoms with Gasteiger partial charge in [-0.2, -0.15) is 0 Å². The second-order valence-electron chi connectivity index (χ2n) is 6.69. The Morgan fingerprint density at radius 1 is 1.11 bits per heavy atom. The van der Waals surface area contributed by atoms with Crippen LogP contribution >= 0.6 is 24.0 Å². The quantitative estimate of drug-likeness (QED) is 0.187. The number of unbranched alkanes of at least 4 members (excludes halogenated alkanes) is 1. The highest BCUT2D eigenvalue weighted by Crippen LogP contribution is 2.16. The van der Waals surface area contributed by atoms with E-state index in [0.717, 1.165) is 38.8 Å². The number of hydrogen-bond acceptors (Lipinski definition) is 4. The standard InChI is InChI=1S/C19H38N4O3.HI/c1-4-5-13-25-15-16-26-14-11-22-19(20-3)21-10-9-18(24)23-12-7-6-8-17(23)2;/h17H,4-16H2,1-3H3,(H2,20,21,22);1H. The second-order valence-corrected chi connectivity index (χ2v) is 6.69. The van der Waals surface area contributed by atoms with Crippen molar-refractivity contribution in [3.63, 3.8) is 0 Å². The molecule has 1 unspecified atom stereocenters. The molecule has 0 radical (unpaired) electrons. The Kier molecular flexibility index (Phi) is 17.1. The summed E-state index contributed by atoms with van der Waals surface area (Å²) in [5.74, 6) is 0.929. The van der Waals surface area contributed by atoms with Crippen LogP contribution in [0.15, 0.2) is 4.99 Å². The number of amides is 1. The van der Waals surface area contributed by atoms with Gasteiger partial charge in [0.15, 0.2) is 5.96 Å². The summed E-state index contributed by atoms with van der Waals surface area (Å²) in [7, 11) is 1.73. The van der Waals surface area contributed by atoms with Gasteiger partial charge in [-0.1, -0.05) is 13.3 Å². The van der Waals surface area contributed by atoms with Gasteiger partial charge < -0.3 is 25.0 Å². The smallest absolute Gasteiger partial charge is 0.224 e. The van der Waals surface area contributed by atoms with E-state index in [1.54, 1.807) is 7.05 Å². The predicted octanol–water partition coefficient (Wildman–Crippen LogP) is 2.39. The summed E-state index contributed by atoms with van der Waals surface area (Å²) in [6.45, 7) is 9.11. The van der Waals surface area contributed by atoms with Crippen LogP contribution < -0.4 is 10.6 Å². The Balaban J connectivity index is 0.00000676. The third-order valence-electron chi connectivity index (χ3n) is 4.53. The molecule has 8 heteroatoms. The molecule has 27 heavy (non-hydrogen) atoms. The van der Waals surface area contributed by atoms with Crippen LogP contribution in [-0.4, -0.2) is 75.9 Å². The van der Waals surface area contributed by atoms with Crippen molar-refractivity contribution in [3.8, 4) is 0 Å². The third-order valence-corrected chi connectivity index (χ3v) is 4.53. The number of nitrogens with one attached hydrogen (secondary N) is 2. The van der Waals surface area contributed by atoms with E-state index in [2.05, 4.69) is 29.5 Å². The zero-order valence-electron chi connectivity index (χ0n) is 17.3. The number of guanidine groups is 1. The highest BCUT2D eigenvalue weighted by molar-refractivity contribution is 14.0. The predicted molar refractivity (Wildman–Crippen MR) is 121 cm³/mol. The van der Waals surface area contributed by atoms with Gasteiger partial charge in [-0.3, -0.25) is 9.79 Å². The molecule has 1 heterocycles. The van der Waals surface area contributed by atoms with Crippen LogP contribution in [0.5, 0.6) is 0 Å². The molecule has 7 nitrogen and oxygen atoms in total. The van der Waals surface area contributed by atoms with Gasteiger partial charge >= 0.3 is 0 Å². The fourth-order valence-corrected chi connectivity index (χ4v) is 2.93. The Bertz CT molecular complexity index is 410. The Morgan fingerprint density at radius 3 is 2.48 bits per heavy atom. The van der Waals surface area contributed by atoms with E-state index < -0.39 is 0 Å². The third kappa shape index (κ3) is 12.5. The lowest BCUT2D eigenvalue weighted by atomic mass is 10.0. The van der Waals surface area contributed by atoms with E-state index in [9.17, 15) is 4.79 Å². The van der Waals surface area contributed by atoms with Crippen molar-refractivity contribution in [2.75, 3.05) is 53.1 Å². The van der Waals surface area contributed by atoms with Gasteiger partial charge in [0.05, 0.1) is 19.8 Å². The average Bonchev–Trinajstić information content (AvgIpc) is 2.65. The maximum atomic E-state index is 12.3. The fourth-order valence-electron chi connectivity index (χ4n) is 2.93. The Labute approximate surface area is 182 Å². The van der Waals surface area contributed by atoms with Crippen molar-refractivity contribution in [2.45, 2.75) is 58.4 Å². The zero-order chi connectivity index (χ0) is 19.0. The first kappa shape index (κ1) is 26.4. The molecule has 1 fully saturated rings. The molecule has 1 aliphatic rings. The minimum absolute atomic E-state index is 0. The second kappa shape index (κ2) is 17.5. The van der Waals surface area contributed by atoms with Gasteiger partial charge in [0.2, 0.25) is 5.91 Å². The number of carbonyl (C=O) groups excluding carboxylic acids is 1. The SMILES string of the molecule is CCCCOCCOCCNC(=NC)NCCC(=O)N1CCCCC1C.I. The van der Waals surface area contributed by atoms with Crippen LogP contribution in [0.1, 0.15) is 52.4 Å². The number of piperidine rings is 1. The molecule has 0 saturated carbocycles. The van der Waals surface area contributed by atoms with Gasteiger partial charge in [0.1, 0.15) is 0 Å². The monoisotopic (exact) mass is 498 g/mol. The van der Waals surface area contributed by atoms with Crippen LogP contribution in [0.2, 0.25) is 0 Å². The molecule has 1 saturated heterocycles. The first-order chi connectivity index (χ1) is 12.7. The van der Waals surface area contributed by atoms with Crippen LogP contribution in [-0.2, 0) is 14.3 Å². The van der Waals surface area contributed by atoms with Crippen molar-refractivity contribution < 1.29 is 14.3 Å². The number of ether oxygens (including phenoxy) is 2. The minimum Gasteiger partial charge on any atom is -0.379 e. The minimum atomic E-state index is 0. The molecule has 0 aromatic carbocycles. The molecule has 1 rings (SSSR count). The van der Waals surface area contributed by atoms with Gasteiger partial charge in [-0.25, -0.2) is 0 Å². The maximum absolute atomic E-state index is 12.3. The number of nitrogens with zero attached hydrogens (tertiary/aromatic N) is 2. The van der Waals surface area contributed by atoms with Crippen LogP contribution in [0, 0.1) is 0 Å². The molecular formula is C19H39IN4O3. The molecule has 2 N–H and O–H groups in total. The van der Waals surface area contributed by atoms with Crippen LogP contribution in [0.4, 0.5) is 0 Å². The molecule has 0 aromatic rings. The topological polar surface area (TPSA) is 75.2 Å². The van der Waals surface area contributed by atoms with Gasteiger partial charge in [-0.15, -0.1) is 24.0 Å². The summed E-state index contributed by atoms with van der Waals surface area (Å²) in [5, 5.41) is 6.38. The van der Waals surface area contributed by atoms with Gasteiger partial charge in [-0.05, 0) is 32.6 Å². The lowest BCUT2D eigenvalue weighted by Gasteiger charge is -2.33. The molecule has 0 aromatic heterocycles. The van der Waals surface area contributed by atoms with E-state index in [-0.39, 0.29) is 29.9 Å². The molecule has 1 aliphatic heterocycles. The lowest BCUT2D eigenvalue weighted by molar-refractivity contribution is -0.134. The summed E-state index contributed by atoms with van der Waals surface area (Å²) in [4.78, 5) is 18.5. The average molecular weight is 498 g/mol. The van der Waals surface area contributed by atoms with E-state index in [1.807, 2.05) is 4.90 Å². The molecule has 0 bridgehead atoms. The Morgan fingerprint density at radius 2 is 1.81 bits per heavy atom. The number of aliphatic imine (C=N–C) groups is 1. The molecule has 0 spiro atoms. The number of likely N-dealkylation sites (tertiary alicyclic amines) is 1. The van der Waals surface area contributed by atoms with Gasteiger partial charge in [0, 0.05) is 45.8 Å². The first-order valence-electron chi connectivity index (χ1n) is 10.1. The summed E-state index contributed by atoms with van der Waals surface area (Å²) in [5.41, 5.74) is 0. The maximum Gasteiger partial charge on any atom is 0.224 e. The molecular weight excluding hydrogens is 459 g/mol. The van der Waals surface area contributed by atoms with Crippen LogP contribution in [0.25, 0.3) is 0 Å². The van der Waals surface area contributed by atoms with Crippen molar-refractivity contribution >= 4 is 35.8 Å². The Hall–Kier alpha value is -0.610. The number of hydrogen-bond donors (Lipinski definition) is 2. The van der Waals surface area contributed by atoms with Crippen molar-refractivity contribution in [2.24, 2.45) is 4.99 Å². The van der Waals surface area contributed by atoms with Crippen molar-refractivity contribution in [3.05, 3.63) is 0 Å². The highest BCUT2D eigenvalue weighted by atomic mass is 127. The summed E-state index contributed by atoms with van der Waals surface area (Å²) in [6.07, 6.45) is 6.22. The van der Waals surface area contributed by atoms with E-state index >= 15 is 0 Å². The van der Waals surface area contributed by atoms with Crippen molar-refractivity contribution in [1.82, 2.24) is 15.5 Å². The summed E-state index contributed by atoms with van der Waals surface area (Å²) < 4.78 is 11.0. The fraction of sp³-hybridized carbons (Fsp3) is 0.895. The summed E-state index contributed by atoms with van der Waals surface area (Å²) in [6, 6.07) is 0.372. The molecule has 160 valence electrons. The lowest BCUT2D eigenvalue weighted by Crippen LogP contribution is -2.44. The molecule has 0 aliphatic carbocycles. The number of halogens is 1. The molecule has 1 atom stereocenters. The van der Waals surface area contributed by atoms with E-state index in [0.29, 0.717) is 51.3 Å². The molecule has 1 amide bonds. The number of carbonyl (C=O) groups is 1. The zero-order valence-corrected chi connectivity index (χ0v) is 19.6. The van der Waals surface area contributed by atoms with E-state index in [1.165, 1.54) is 6.42 Å². The largest absolute Gasteiger partial charge is 0.379 e. The highest BCUT2D eigenvalue weighted by Gasteiger charge is 2.22. The number of rotatable bonds is 12.